The van der Waals surface area contributed by atoms with Gasteiger partial charge in [-0.3, -0.25) is 29.5 Å². The molecule has 0 bridgehead atoms. The minimum atomic E-state index is -0.650. The summed E-state index contributed by atoms with van der Waals surface area (Å²) < 4.78 is 6.12. The number of aromatic nitrogens is 2. The average molecular weight is 502 g/mol. The molecule has 3 aliphatic rings. The summed E-state index contributed by atoms with van der Waals surface area (Å²) in [6.07, 6.45) is 6.86. The number of imide groups is 1. The molecule has 0 saturated carbocycles. The zero-order chi connectivity index (χ0) is 25.5. The fourth-order valence-electron chi connectivity index (χ4n) is 5.48. The molecule has 2 aromatic heterocycles. The Morgan fingerprint density at radius 1 is 1.11 bits per heavy atom. The van der Waals surface area contributed by atoms with Gasteiger partial charge in [0.1, 0.15) is 24.1 Å². The third-order valence-electron chi connectivity index (χ3n) is 7.48. The number of piperidine rings is 2. The molecule has 0 radical (unpaired) electrons. The molecule has 0 spiro atoms. The van der Waals surface area contributed by atoms with Crippen LogP contribution in [0.1, 0.15) is 58.5 Å². The SMILES string of the molecule is O=C1CCC(N2Cc3cc(OC[C@H]4CCCCN4C(=O)c4cc5[nH]ccc5cn4)ccc3C2=O)C(=O)N1. The van der Waals surface area contributed by atoms with E-state index in [-0.39, 0.29) is 30.2 Å². The highest BCUT2D eigenvalue weighted by atomic mass is 16.5. The van der Waals surface area contributed by atoms with Crippen LogP contribution in [0, 0.1) is 0 Å². The molecule has 3 aliphatic heterocycles. The average Bonchev–Trinajstić information content (AvgIpc) is 3.51. The Morgan fingerprint density at radius 3 is 2.86 bits per heavy atom. The Kier molecular flexibility index (Phi) is 5.86. The fraction of sp³-hybridized carbons (Fsp3) is 0.370. The van der Waals surface area contributed by atoms with Crippen LogP contribution in [0.2, 0.25) is 0 Å². The first-order valence-electron chi connectivity index (χ1n) is 12.6. The van der Waals surface area contributed by atoms with Gasteiger partial charge < -0.3 is 19.5 Å². The van der Waals surface area contributed by atoms with Gasteiger partial charge in [0.05, 0.1) is 6.04 Å². The van der Waals surface area contributed by atoms with E-state index in [0.717, 1.165) is 35.7 Å². The number of hydrogen-bond donors (Lipinski definition) is 2. The van der Waals surface area contributed by atoms with Gasteiger partial charge in [-0.05, 0) is 61.6 Å². The van der Waals surface area contributed by atoms with Crippen molar-refractivity contribution < 1.29 is 23.9 Å². The predicted octanol–water partition coefficient (Wildman–Crippen LogP) is 2.40. The largest absolute Gasteiger partial charge is 0.491 e. The Labute approximate surface area is 213 Å². The number of carbonyl (C=O) groups is 4. The second kappa shape index (κ2) is 9.34. The first-order valence-corrected chi connectivity index (χ1v) is 12.6. The molecular formula is C27H27N5O5. The van der Waals surface area contributed by atoms with Gasteiger partial charge in [-0.25, -0.2) is 0 Å². The number of carbonyl (C=O) groups excluding carboxylic acids is 4. The molecule has 190 valence electrons. The molecule has 2 fully saturated rings. The fourth-order valence-corrected chi connectivity index (χ4v) is 5.48. The number of nitrogens with one attached hydrogen (secondary N) is 2. The molecule has 10 heteroatoms. The van der Waals surface area contributed by atoms with Gasteiger partial charge in [0, 0.05) is 48.4 Å². The normalized spacial score (nSPS) is 21.8. The number of ether oxygens (including phenoxy) is 1. The summed E-state index contributed by atoms with van der Waals surface area (Å²) in [4.78, 5) is 60.9. The van der Waals surface area contributed by atoms with Crippen LogP contribution in [0.15, 0.2) is 42.7 Å². The van der Waals surface area contributed by atoms with Crippen molar-refractivity contribution in [2.45, 2.75) is 50.7 Å². The highest BCUT2D eigenvalue weighted by Crippen LogP contribution is 2.30. The summed E-state index contributed by atoms with van der Waals surface area (Å²) >= 11 is 0. The molecule has 5 heterocycles. The second-order valence-corrected chi connectivity index (χ2v) is 9.81. The van der Waals surface area contributed by atoms with E-state index in [0.29, 0.717) is 43.1 Å². The van der Waals surface area contributed by atoms with Crippen LogP contribution in [0.5, 0.6) is 5.75 Å². The van der Waals surface area contributed by atoms with Crippen LogP contribution in [-0.4, -0.2) is 68.6 Å². The number of H-pyrrole nitrogens is 1. The molecule has 1 unspecified atom stereocenters. The monoisotopic (exact) mass is 501 g/mol. The lowest BCUT2D eigenvalue weighted by Gasteiger charge is -2.35. The molecule has 4 amide bonds. The van der Waals surface area contributed by atoms with E-state index >= 15 is 0 Å². The number of likely N-dealkylation sites (tertiary alicyclic amines) is 1. The van der Waals surface area contributed by atoms with E-state index in [1.807, 2.05) is 23.2 Å². The number of pyridine rings is 1. The Morgan fingerprint density at radius 2 is 2.00 bits per heavy atom. The summed E-state index contributed by atoms with van der Waals surface area (Å²) in [7, 11) is 0. The number of hydrogen-bond acceptors (Lipinski definition) is 6. The smallest absolute Gasteiger partial charge is 0.272 e. The van der Waals surface area contributed by atoms with E-state index in [1.165, 1.54) is 4.90 Å². The lowest BCUT2D eigenvalue weighted by Crippen LogP contribution is -2.52. The topological polar surface area (TPSA) is 125 Å². The van der Waals surface area contributed by atoms with E-state index in [1.54, 1.807) is 24.4 Å². The maximum absolute atomic E-state index is 13.3. The van der Waals surface area contributed by atoms with E-state index in [9.17, 15) is 19.2 Å². The van der Waals surface area contributed by atoms with Gasteiger partial charge in [0.15, 0.2) is 0 Å². The first kappa shape index (κ1) is 23.2. The van der Waals surface area contributed by atoms with Crippen molar-refractivity contribution in [3.63, 3.8) is 0 Å². The summed E-state index contributed by atoms with van der Waals surface area (Å²) in [5.41, 5.74) is 2.61. The van der Waals surface area contributed by atoms with Crippen molar-refractivity contribution in [1.29, 1.82) is 0 Å². The van der Waals surface area contributed by atoms with Gasteiger partial charge in [0.25, 0.3) is 11.8 Å². The van der Waals surface area contributed by atoms with Crippen molar-refractivity contribution >= 4 is 34.5 Å². The third-order valence-corrected chi connectivity index (χ3v) is 7.48. The van der Waals surface area contributed by atoms with Crippen LogP contribution in [0.25, 0.3) is 10.9 Å². The molecular weight excluding hydrogens is 474 g/mol. The Balaban J connectivity index is 1.13. The van der Waals surface area contributed by atoms with Gasteiger partial charge in [0.2, 0.25) is 11.8 Å². The van der Waals surface area contributed by atoms with Crippen molar-refractivity contribution in [2.24, 2.45) is 0 Å². The van der Waals surface area contributed by atoms with Crippen LogP contribution < -0.4 is 10.1 Å². The highest BCUT2D eigenvalue weighted by Gasteiger charge is 2.39. The minimum absolute atomic E-state index is 0.0859. The van der Waals surface area contributed by atoms with Gasteiger partial charge in [-0.1, -0.05) is 0 Å². The number of amides is 4. The Bertz CT molecular complexity index is 1420. The van der Waals surface area contributed by atoms with Crippen LogP contribution in [-0.2, 0) is 16.1 Å². The van der Waals surface area contributed by atoms with Gasteiger partial charge in [-0.2, -0.15) is 0 Å². The molecule has 3 aromatic rings. The molecule has 10 nitrogen and oxygen atoms in total. The lowest BCUT2D eigenvalue weighted by atomic mass is 10.0. The standard InChI is InChI=1S/C27H27N5O5/c33-24-7-6-23(25(34)30-24)32-14-17-11-19(4-5-20(17)26(32)35)37-15-18-3-1-2-10-31(18)27(36)22-12-21-16(13-29-22)8-9-28-21/h4-5,8-9,11-13,18,23,28H,1-3,6-7,10,14-15H2,(H,30,33,34)/t18-,23?/m1/s1. The number of fused-ring (bicyclic) bond motifs is 2. The molecule has 2 atom stereocenters. The van der Waals surface area contributed by atoms with Crippen molar-refractivity contribution in [1.82, 2.24) is 25.1 Å². The zero-order valence-corrected chi connectivity index (χ0v) is 20.2. The van der Waals surface area contributed by atoms with E-state index < -0.39 is 11.9 Å². The molecule has 1 aromatic carbocycles. The zero-order valence-electron chi connectivity index (χ0n) is 20.2. The van der Waals surface area contributed by atoms with Crippen molar-refractivity contribution in [3.05, 3.63) is 59.5 Å². The van der Waals surface area contributed by atoms with Crippen LogP contribution >= 0.6 is 0 Å². The maximum Gasteiger partial charge on any atom is 0.272 e. The lowest BCUT2D eigenvalue weighted by molar-refractivity contribution is -0.136. The summed E-state index contributed by atoms with van der Waals surface area (Å²) in [5, 5.41) is 3.28. The summed E-state index contributed by atoms with van der Waals surface area (Å²) in [6.45, 7) is 1.27. The van der Waals surface area contributed by atoms with Gasteiger partial charge >= 0.3 is 0 Å². The number of benzene rings is 1. The van der Waals surface area contributed by atoms with Crippen LogP contribution in [0.3, 0.4) is 0 Å². The quantitative estimate of drug-likeness (QED) is 0.518. The highest BCUT2D eigenvalue weighted by molar-refractivity contribution is 6.05. The molecule has 37 heavy (non-hydrogen) atoms. The molecule has 2 N–H and O–H groups in total. The van der Waals surface area contributed by atoms with E-state index in [2.05, 4.69) is 15.3 Å². The first-order chi connectivity index (χ1) is 18.0. The maximum atomic E-state index is 13.3. The van der Waals surface area contributed by atoms with Crippen molar-refractivity contribution in [3.8, 4) is 5.75 Å². The summed E-state index contributed by atoms with van der Waals surface area (Å²) in [5.74, 6) is -0.450. The minimum Gasteiger partial charge on any atom is -0.491 e. The van der Waals surface area contributed by atoms with Crippen molar-refractivity contribution in [2.75, 3.05) is 13.2 Å². The summed E-state index contributed by atoms with van der Waals surface area (Å²) in [6, 6.07) is 8.27. The molecule has 0 aliphatic carbocycles. The van der Waals surface area contributed by atoms with Gasteiger partial charge in [-0.15, -0.1) is 0 Å². The second-order valence-electron chi connectivity index (χ2n) is 9.81. The van der Waals surface area contributed by atoms with E-state index in [4.69, 9.17) is 4.74 Å². The number of nitrogens with zero attached hydrogens (tertiary/aromatic N) is 3. The predicted molar refractivity (Wildman–Crippen MR) is 133 cm³/mol. The number of aromatic amines is 1. The number of rotatable bonds is 5. The molecule has 6 rings (SSSR count). The molecule has 2 saturated heterocycles. The van der Waals surface area contributed by atoms with Crippen LogP contribution in [0.4, 0.5) is 0 Å². The Hall–Kier alpha value is -4.21. The third kappa shape index (κ3) is 4.32.